The predicted molar refractivity (Wildman–Crippen MR) is 102 cm³/mol. The Hall–Kier alpha value is -2.91. The number of ether oxygens (including phenoxy) is 1. The van der Waals surface area contributed by atoms with Crippen LogP contribution in [-0.2, 0) is 9.53 Å². The molecule has 0 aliphatic carbocycles. The molecule has 0 aromatic carbocycles. The second-order valence-electron chi connectivity index (χ2n) is 6.34. The van der Waals surface area contributed by atoms with Gasteiger partial charge in [0.2, 0.25) is 0 Å². The Labute approximate surface area is 154 Å². The van der Waals surface area contributed by atoms with E-state index in [-0.39, 0.29) is 11.6 Å². The molecule has 0 saturated carbocycles. The maximum Gasteiger partial charge on any atom is 0.267 e. The van der Waals surface area contributed by atoms with Gasteiger partial charge in [0.15, 0.2) is 0 Å². The molecule has 1 N–H and O–H groups in total. The summed E-state index contributed by atoms with van der Waals surface area (Å²) in [6, 6.07) is 7.71. The summed E-state index contributed by atoms with van der Waals surface area (Å²) >= 11 is 0. The number of hydrogen-bond donors (Lipinski definition) is 1. The maximum atomic E-state index is 12.4. The molecule has 26 heavy (non-hydrogen) atoms. The van der Waals surface area contributed by atoms with Crippen LogP contribution >= 0.6 is 0 Å². The van der Waals surface area contributed by atoms with Gasteiger partial charge in [0.25, 0.3) is 5.91 Å². The number of nitrogens with one attached hydrogen (secondary N) is 1. The number of pyridine rings is 1. The summed E-state index contributed by atoms with van der Waals surface area (Å²) in [5, 5.41) is 12.1. The number of rotatable bonds is 6. The second-order valence-corrected chi connectivity index (χ2v) is 6.34. The zero-order valence-electron chi connectivity index (χ0n) is 15.8. The summed E-state index contributed by atoms with van der Waals surface area (Å²) in [7, 11) is 1.67. The number of aromatic nitrogens is 2. The largest absolute Gasteiger partial charge is 0.383 e. The molecule has 136 valence electrons. The SMILES string of the molecule is COCC(C)n1c(C)cc(/C=C(\C#N)C(=O)Nc2cc(C)ccn2)c1C. The minimum atomic E-state index is -0.472. The Morgan fingerprint density at radius 3 is 2.77 bits per heavy atom. The van der Waals surface area contributed by atoms with Crippen LogP contribution in [0.2, 0.25) is 0 Å². The molecular formula is C20H24N4O2. The van der Waals surface area contributed by atoms with Gasteiger partial charge in [-0.3, -0.25) is 4.79 Å². The lowest BCUT2D eigenvalue weighted by molar-refractivity contribution is -0.112. The first-order chi connectivity index (χ1) is 12.4. The van der Waals surface area contributed by atoms with E-state index >= 15 is 0 Å². The number of nitriles is 1. The highest BCUT2D eigenvalue weighted by atomic mass is 16.5. The van der Waals surface area contributed by atoms with Gasteiger partial charge >= 0.3 is 0 Å². The predicted octanol–water partition coefficient (Wildman–Crippen LogP) is 3.56. The van der Waals surface area contributed by atoms with E-state index in [0.29, 0.717) is 12.4 Å². The van der Waals surface area contributed by atoms with E-state index in [0.717, 1.165) is 22.5 Å². The van der Waals surface area contributed by atoms with Gasteiger partial charge in [-0.25, -0.2) is 4.98 Å². The van der Waals surface area contributed by atoms with Crippen LogP contribution in [0.5, 0.6) is 0 Å². The molecule has 0 spiro atoms. The first-order valence-corrected chi connectivity index (χ1v) is 8.40. The molecule has 1 atom stereocenters. The van der Waals surface area contributed by atoms with E-state index in [1.54, 1.807) is 25.4 Å². The average molecular weight is 352 g/mol. The van der Waals surface area contributed by atoms with Crippen LogP contribution < -0.4 is 5.32 Å². The van der Waals surface area contributed by atoms with Gasteiger partial charge in [-0.1, -0.05) is 0 Å². The molecule has 0 bridgehead atoms. The molecule has 0 saturated heterocycles. The highest BCUT2D eigenvalue weighted by molar-refractivity contribution is 6.09. The smallest absolute Gasteiger partial charge is 0.267 e. The van der Waals surface area contributed by atoms with Crippen molar-refractivity contribution in [3.05, 3.63) is 52.5 Å². The van der Waals surface area contributed by atoms with Gasteiger partial charge in [-0.05, 0) is 63.1 Å². The van der Waals surface area contributed by atoms with Gasteiger partial charge in [-0.2, -0.15) is 5.26 Å². The molecule has 6 nitrogen and oxygen atoms in total. The van der Waals surface area contributed by atoms with Crippen molar-refractivity contribution >= 4 is 17.8 Å². The molecule has 6 heteroatoms. The van der Waals surface area contributed by atoms with Gasteiger partial charge in [0, 0.05) is 24.7 Å². The van der Waals surface area contributed by atoms with Crippen molar-refractivity contribution < 1.29 is 9.53 Å². The number of carbonyl (C=O) groups excluding carboxylic acids is 1. The van der Waals surface area contributed by atoms with Gasteiger partial charge in [0.1, 0.15) is 17.5 Å². The lowest BCUT2D eigenvalue weighted by Gasteiger charge is -2.17. The topological polar surface area (TPSA) is 79.9 Å². The Morgan fingerprint density at radius 1 is 1.42 bits per heavy atom. The van der Waals surface area contributed by atoms with Crippen LogP contribution in [0.4, 0.5) is 5.82 Å². The Morgan fingerprint density at radius 2 is 2.15 bits per heavy atom. The number of nitrogens with zero attached hydrogens (tertiary/aromatic N) is 3. The summed E-state index contributed by atoms with van der Waals surface area (Å²) in [6.45, 7) is 8.54. The van der Waals surface area contributed by atoms with Crippen molar-refractivity contribution in [2.45, 2.75) is 33.7 Å². The normalized spacial score (nSPS) is 12.5. The van der Waals surface area contributed by atoms with Crippen LogP contribution in [0, 0.1) is 32.1 Å². The third-order valence-electron chi connectivity index (χ3n) is 4.19. The van der Waals surface area contributed by atoms with Crippen molar-refractivity contribution in [2.24, 2.45) is 0 Å². The first-order valence-electron chi connectivity index (χ1n) is 8.40. The van der Waals surface area contributed by atoms with Crippen LogP contribution in [0.1, 0.15) is 35.5 Å². The minimum Gasteiger partial charge on any atom is -0.383 e. The first kappa shape index (κ1) is 19.4. The molecule has 2 aromatic rings. The summed E-state index contributed by atoms with van der Waals surface area (Å²) in [6.07, 6.45) is 3.23. The van der Waals surface area contributed by atoms with Crippen molar-refractivity contribution in [3.63, 3.8) is 0 Å². The van der Waals surface area contributed by atoms with E-state index in [1.165, 1.54) is 0 Å². The second kappa shape index (κ2) is 8.45. The van der Waals surface area contributed by atoms with Crippen molar-refractivity contribution in [2.75, 3.05) is 19.0 Å². The maximum absolute atomic E-state index is 12.4. The highest BCUT2D eigenvalue weighted by Gasteiger charge is 2.16. The van der Waals surface area contributed by atoms with E-state index in [4.69, 9.17) is 4.74 Å². The van der Waals surface area contributed by atoms with Crippen LogP contribution in [-0.4, -0.2) is 29.2 Å². The number of anilines is 1. The number of methoxy groups -OCH3 is 1. The fourth-order valence-electron chi connectivity index (χ4n) is 3.03. The average Bonchev–Trinajstić information content (AvgIpc) is 2.86. The van der Waals surface area contributed by atoms with Crippen molar-refractivity contribution in [3.8, 4) is 6.07 Å². The summed E-state index contributed by atoms with van der Waals surface area (Å²) in [5.41, 5.74) is 3.90. The van der Waals surface area contributed by atoms with E-state index in [2.05, 4.69) is 21.8 Å². The standard InChI is InChI=1S/C20H24N4O2/c1-13-6-7-22-19(8-13)23-20(25)18(11-21)10-17-9-14(2)24(16(17)4)15(3)12-26-5/h6-10,15H,12H2,1-5H3,(H,22,23,25)/b18-10+. The van der Waals surface area contributed by atoms with Gasteiger partial charge in [-0.15, -0.1) is 0 Å². The summed E-state index contributed by atoms with van der Waals surface area (Å²) in [5.74, 6) is -0.0457. The molecule has 2 rings (SSSR count). The van der Waals surface area contributed by atoms with Crippen LogP contribution in [0.15, 0.2) is 30.0 Å². The lowest BCUT2D eigenvalue weighted by atomic mass is 10.1. The molecule has 2 heterocycles. The Bertz CT molecular complexity index is 874. The number of aryl methyl sites for hydroxylation is 2. The zero-order valence-corrected chi connectivity index (χ0v) is 15.8. The van der Waals surface area contributed by atoms with Crippen LogP contribution in [0.25, 0.3) is 6.08 Å². The number of carbonyl (C=O) groups is 1. The van der Waals surface area contributed by atoms with E-state index < -0.39 is 5.91 Å². The van der Waals surface area contributed by atoms with Crippen molar-refractivity contribution in [1.82, 2.24) is 9.55 Å². The molecule has 0 fully saturated rings. The molecular weight excluding hydrogens is 328 g/mol. The zero-order chi connectivity index (χ0) is 19.3. The molecule has 0 aliphatic heterocycles. The Balaban J connectivity index is 2.30. The highest BCUT2D eigenvalue weighted by Crippen LogP contribution is 2.23. The quantitative estimate of drug-likeness (QED) is 0.637. The van der Waals surface area contributed by atoms with E-state index in [9.17, 15) is 10.1 Å². The Kier molecular flexibility index (Phi) is 6.31. The third kappa shape index (κ3) is 4.38. The molecule has 1 unspecified atom stereocenters. The minimum absolute atomic E-state index is 0.0351. The van der Waals surface area contributed by atoms with Gasteiger partial charge in [0.05, 0.1) is 12.6 Å². The van der Waals surface area contributed by atoms with Crippen molar-refractivity contribution in [1.29, 1.82) is 5.26 Å². The number of hydrogen-bond acceptors (Lipinski definition) is 4. The fraction of sp³-hybridized carbons (Fsp3) is 0.350. The van der Waals surface area contributed by atoms with Crippen LogP contribution in [0.3, 0.4) is 0 Å². The molecule has 2 aromatic heterocycles. The molecule has 1 amide bonds. The molecule has 0 radical (unpaired) electrons. The number of amides is 1. The molecule has 0 aliphatic rings. The lowest BCUT2D eigenvalue weighted by Crippen LogP contribution is -2.15. The monoisotopic (exact) mass is 352 g/mol. The van der Waals surface area contributed by atoms with E-state index in [1.807, 2.05) is 39.0 Å². The summed E-state index contributed by atoms with van der Waals surface area (Å²) in [4.78, 5) is 16.5. The van der Waals surface area contributed by atoms with Gasteiger partial charge < -0.3 is 14.6 Å². The third-order valence-corrected chi connectivity index (χ3v) is 4.19. The fourth-order valence-corrected chi connectivity index (χ4v) is 3.03. The summed E-state index contributed by atoms with van der Waals surface area (Å²) < 4.78 is 7.38.